The summed E-state index contributed by atoms with van der Waals surface area (Å²) in [5.41, 5.74) is 0. The molecule has 1 nitrogen and oxygen atoms in total. The lowest BCUT2D eigenvalue weighted by atomic mass is 10.1. The van der Waals surface area contributed by atoms with E-state index in [0.29, 0.717) is 0 Å². The molecule has 0 aliphatic heterocycles. The summed E-state index contributed by atoms with van der Waals surface area (Å²) in [6.07, 6.45) is 9.95. The summed E-state index contributed by atoms with van der Waals surface area (Å²) >= 11 is 0. The maximum atomic E-state index is 3.43. The molecule has 0 spiro atoms. The number of rotatable bonds is 5. The molecule has 1 aliphatic rings. The number of allylic oxidation sites excluding steroid dienone is 2. The maximum Gasteiger partial charge on any atom is -0.00433 e. The van der Waals surface area contributed by atoms with Crippen LogP contribution in [-0.2, 0) is 0 Å². The van der Waals surface area contributed by atoms with Crippen molar-refractivity contribution < 1.29 is 0 Å². The first-order valence-corrected chi connectivity index (χ1v) is 4.81. The normalized spacial score (nSPS) is 22.8. The quantitative estimate of drug-likeness (QED) is 0.472. The topological polar surface area (TPSA) is 12.0 Å². The highest BCUT2D eigenvalue weighted by atomic mass is 14.8. The highest BCUT2D eigenvalue weighted by Crippen LogP contribution is 2.19. The summed E-state index contributed by atoms with van der Waals surface area (Å²) in [6.45, 7) is 4.59. The van der Waals surface area contributed by atoms with Crippen molar-refractivity contribution in [1.29, 1.82) is 0 Å². The van der Waals surface area contributed by atoms with Gasteiger partial charge in [-0.3, -0.25) is 0 Å². The van der Waals surface area contributed by atoms with Gasteiger partial charge in [-0.05, 0) is 44.7 Å². The van der Waals surface area contributed by atoms with Crippen LogP contribution in [0.3, 0.4) is 0 Å². The lowest BCUT2D eigenvalue weighted by molar-refractivity contribution is 0.534. The van der Waals surface area contributed by atoms with E-state index < -0.39 is 0 Å². The maximum absolute atomic E-state index is 3.43. The molecular formula is C10H19N. The minimum Gasteiger partial charge on any atom is -0.317 e. The Kier molecular flexibility index (Phi) is 4.29. The van der Waals surface area contributed by atoms with Crippen LogP contribution in [0.15, 0.2) is 12.2 Å². The van der Waals surface area contributed by atoms with Crippen LogP contribution in [0, 0.1) is 5.92 Å². The Morgan fingerprint density at radius 2 is 2.36 bits per heavy atom. The molecule has 0 saturated heterocycles. The first-order valence-electron chi connectivity index (χ1n) is 4.81. The van der Waals surface area contributed by atoms with Gasteiger partial charge in [0.1, 0.15) is 0 Å². The Balaban J connectivity index is 1.90. The molecule has 0 heterocycles. The SMILES string of the molecule is CCCNCCC1C=CCC1. The van der Waals surface area contributed by atoms with Crippen LogP contribution in [0.1, 0.15) is 32.6 Å². The fourth-order valence-corrected chi connectivity index (χ4v) is 1.52. The van der Waals surface area contributed by atoms with Crippen molar-refractivity contribution in [3.05, 3.63) is 12.2 Å². The number of nitrogens with one attached hydrogen (secondary N) is 1. The summed E-state index contributed by atoms with van der Waals surface area (Å²) in [4.78, 5) is 0. The monoisotopic (exact) mass is 153 g/mol. The predicted octanol–water partition coefficient (Wildman–Crippen LogP) is 2.34. The molecule has 0 amide bonds. The molecule has 1 rings (SSSR count). The molecule has 0 bridgehead atoms. The molecule has 1 heteroatoms. The zero-order valence-electron chi connectivity index (χ0n) is 7.47. The fourth-order valence-electron chi connectivity index (χ4n) is 1.52. The summed E-state index contributed by atoms with van der Waals surface area (Å²) in [5.74, 6) is 0.874. The van der Waals surface area contributed by atoms with Crippen molar-refractivity contribution in [3.8, 4) is 0 Å². The smallest absolute Gasteiger partial charge is 0.00433 e. The van der Waals surface area contributed by atoms with Crippen molar-refractivity contribution in [2.75, 3.05) is 13.1 Å². The van der Waals surface area contributed by atoms with E-state index in [9.17, 15) is 0 Å². The van der Waals surface area contributed by atoms with Crippen molar-refractivity contribution in [2.24, 2.45) is 5.92 Å². The van der Waals surface area contributed by atoms with Gasteiger partial charge >= 0.3 is 0 Å². The Labute approximate surface area is 69.9 Å². The highest BCUT2D eigenvalue weighted by molar-refractivity contribution is 4.95. The first-order chi connectivity index (χ1) is 5.43. The van der Waals surface area contributed by atoms with Crippen LogP contribution < -0.4 is 5.32 Å². The molecule has 0 aromatic rings. The van der Waals surface area contributed by atoms with Gasteiger partial charge in [-0.2, -0.15) is 0 Å². The van der Waals surface area contributed by atoms with E-state index in [1.807, 2.05) is 0 Å². The van der Waals surface area contributed by atoms with Crippen molar-refractivity contribution >= 4 is 0 Å². The molecule has 0 radical (unpaired) electrons. The zero-order valence-corrected chi connectivity index (χ0v) is 7.47. The molecule has 0 saturated carbocycles. The van der Waals surface area contributed by atoms with Gasteiger partial charge in [-0.15, -0.1) is 0 Å². The summed E-state index contributed by atoms with van der Waals surface area (Å²) in [7, 11) is 0. The van der Waals surface area contributed by atoms with Crippen LogP contribution in [0.2, 0.25) is 0 Å². The summed E-state index contributed by atoms with van der Waals surface area (Å²) < 4.78 is 0. The van der Waals surface area contributed by atoms with Gasteiger partial charge in [0.15, 0.2) is 0 Å². The van der Waals surface area contributed by atoms with Crippen LogP contribution in [-0.4, -0.2) is 13.1 Å². The second-order valence-corrected chi connectivity index (χ2v) is 3.30. The van der Waals surface area contributed by atoms with Crippen LogP contribution in [0.25, 0.3) is 0 Å². The third-order valence-corrected chi connectivity index (χ3v) is 2.23. The Morgan fingerprint density at radius 1 is 1.45 bits per heavy atom. The largest absolute Gasteiger partial charge is 0.317 e. The van der Waals surface area contributed by atoms with E-state index in [1.54, 1.807) is 0 Å². The van der Waals surface area contributed by atoms with E-state index in [1.165, 1.54) is 38.8 Å². The summed E-state index contributed by atoms with van der Waals surface area (Å²) in [6, 6.07) is 0. The predicted molar refractivity (Wildman–Crippen MR) is 49.6 cm³/mol. The van der Waals surface area contributed by atoms with Crippen molar-refractivity contribution in [3.63, 3.8) is 0 Å². The molecular weight excluding hydrogens is 134 g/mol. The molecule has 11 heavy (non-hydrogen) atoms. The van der Waals surface area contributed by atoms with Gasteiger partial charge in [0.05, 0.1) is 0 Å². The molecule has 1 unspecified atom stereocenters. The third kappa shape index (κ3) is 3.57. The van der Waals surface area contributed by atoms with Crippen LogP contribution >= 0.6 is 0 Å². The van der Waals surface area contributed by atoms with Gasteiger partial charge < -0.3 is 5.32 Å². The summed E-state index contributed by atoms with van der Waals surface area (Å²) in [5, 5.41) is 3.43. The first kappa shape index (κ1) is 8.79. The number of hydrogen-bond acceptors (Lipinski definition) is 1. The molecule has 0 fully saturated rings. The Hall–Kier alpha value is -0.300. The van der Waals surface area contributed by atoms with Gasteiger partial charge in [0, 0.05) is 0 Å². The van der Waals surface area contributed by atoms with E-state index in [0.717, 1.165) is 5.92 Å². The highest BCUT2D eigenvalue weighted by Gasteiger charge is 2.07. The Morgan fingerprint density at radius 3 is 3.00 bits per heavy atom. The van der Waals surface area contributed by atoms with Crippen LogP contribution in [0.5, 0.6) is 0 Å². The third-order valence-electron chi connectivity index (χ3n) is 2.23. The van der Waals surface area contributed by atoms with Gasteiger partial charge in [0.25, 0.3) is 0 Å². The molecule has 1 N–H and O–H groups in total. The molecule has 1 aliphatic carbocycles. The number of hydrogen-bond donors (Lipinski definition) is 1. The van der Waals surface area contributed by atoms with Crippen molar-refractivity contribution in [2.45, 2.75) is 32.6 Å². The second kappa shape index (κ2) is 5.36. The molecule has 0 aromatic carbocycles. The van der Waals surface area contributed by atoms with Crippen molar-refractivity contribution in [1.82, 2.24) is 5.32 Å². The average Bonchev–Trinajstić information content (AvgIpc) is 2.50. The Bertz CT molecular complexity index is 118. The van der Waals surface area contributed by atoms with E-state index in [-0.39, 0.29) is 0 Å². The lowest BCUT2D eigenvalue weighted by Crippen LogP contribution is -2.17. The minimum atomic E-state index is 0.874. The fraction of sp³-hybridized carbons (Fsp3) is 0.800. The van der Waals surface area contributed by atoms with E-state index in [4.69, 9.17) is 0 Å². The molecule has 64 valence electrons. The minimum absolute atomic E-state index is 0.874. The second-order valence-electron chi connectivity index (χ2n) is 3.30. The van der Waals surface area contributed by atoms with Crippen LogP contribution in [0.4, 0.5) is 0 Å². The van der Waals surface area contributed by atoms with Gasteiger partial charge in [-0.1, -0.05) is 19.1 Å². The standard InChI is InChI=1S/C10H19N/c1-2-8-11-9-7-10-5-3-4-6-10/h3,5,10-11H,2,4,6-9H2,1H3. The molecule has 1 atom stereocenters. The van der Waals surface area contributed by atoms with Gasteiger partial charge in [0.2, 0.25) is 0 Å². The zero-order chi connectivity index (χ0) is 7.94. The van der Waals surface area contributed by atoms with E-state index >= 15 is 0 Å². The van der Waals surface area contributed by atoms with Gasteiger partial charge in [-0.25, -0.2) is 0 Å². The average molecular weight is 153 g/mol. The molecule has 0 aromatic heterocycles. The lowest BCUT2D eigenvalue weighted by Gasteiger charge is -2.07. The van der Waals surface area contributed by atoms with E-state index in [2.05, 4.69) is 24.4 Å².